The van der Waals surface area contributed by atoms with E-state index < -0.39 is 11.9 Å². The van der Waals surface area contributed by atoms with E-state index >= 15 is 0 Å². The lowest BCUT2D eigenvalue weighted by Gasteiger charge is -2.07. The van der Waals surface area contributed by atoms with Crippen molar-refractivity contribution in [3.05, 3.63) is 48.8 Å². The maximum absolute atomic E-state index is 11.5. The number of amides is 1. The Morgan fingerprint density at radius 1 is 1.14 bits per heavy atom. The normalized spacial score (nSPS) is 9.76. The van der Waals surface area contributed by atoms with Crippen LogP contribution >= 0.6 is 0 Å². The van der Waals surface area contributed by atoms with E-state index in [1.807, 2.05) is 0 Å². The topological polar surface area (TPSA) is 77.5 Å². The first-order chi connectivity index (χ1) is 10.2. The molecule has 1 aromatic heterocycles. The van der Waals surface area contributed by atoms with Gasteiger partial charge in [-0.2, -0.15) is 0 Å². The molecule has 0 atom stereocenters. The quantitative estimate of drug-likeness (QED) is 0.674. The lowest BCUT2D eigenvalue weighted by molar-refractivity contribution is -0.142. The molecule has 0 radical (unpaired) electrons. The number of carbonyl (C=O) groups is 2. The summed E-state index contributed by atoms with van der Waals surface area (Å²) in [4.78, 5) is 26.4. The molecule has 2 aromatic rings. The Hall–Kier alpha value is -2.89. The molecule has 0 unspecified atom stereocenters. The van der Waals surface area contributed by atoms with Crippen LogP contribution < -0.4 is 10.1 Å². The van der Waals surface area contributed by atoms with Crippen molar-refractivity contribution in [2.24, 2.45) is 0 Å². The predicted molar refractivity (Wildman–Crippen MR) is 76.0 cm³/mol. The Labute approximate surface area is 121 Å². The van der Waals surface area contributed by atoms with Crippen LogP contribution in [0.3, 0.4) is 0 Å². The van der Waals surface area contributed by atoms with Crippen LogP contribution in [0.15, 0.2) is 48.8 Å². The Morgan fingerprint density at radius 3 is 2.52 bits per heavy atom. The molecule has 0 aliphatic rings. The van der Waals surface area contributed by atoms with Crippen LogP contribution in [0.25, 0.3) is 0 Å². The van der Waals surface area contributed by atoms with E-state index in [9.17, 15) is 9.59 Å². The minimum atomic E-state index is -0.580. The Balaban J connectivity index is 1.93. The molecule has 0 saturated heterocycles. The third-order valence-corrected chi connectivity index (χ3v) is 2.54. The first-order valence-electron chi connectivity index (χ1n) is 6.22. The molecule has 1 aromatic carbocycles. The predicted octanol–water partition coefficient (Wildman–Crippen LogP) is 2.38. The number of hydrogen-bond acceptors (Lipinski definition) is 5. The maximum Gasteiger partial charge on any atom is 0.315 e. The van der Waals surface area contributed by atoms with Gasteiger partial charge in [-0.1, -0.05) is 0 Å². The van der Waals surface area contributed by atoms with E-state index in [0.29, 0.717) is 17.2 Å². The number of carbonyl (C=O) groups excluding carboxylic acids is 2. The second kappa shape index (κ2) is 7.04. The van der Waals surface area contributed by atoms with Gasteiger partial charge in [-0.05, 0) is 36.4 Å². The molecule has 6 nitrogen and oxygen atoms in total. The molecular formula is C15H14N2O4. The van der Waals surface area contributed by atoms with Crippen LogP contribution in [-0.4, -0.2) is 24.0 Å². The first-order valence-corrected chi connectivity index (χ1v) is 6.22. The van der Waals surface area contributed by atoms with Gasteiger partial charge in [-0.25, -0.2) is 0 Å². The second-order valence-electron chi connectivity index (χ2n) is 4.12. The maximum atomic E-state index is 11.5. The number of esters is 1. The SMILES string of the molecule is COC(=O)CC(=O)Nc1ccc(Oc2cccnc2)cc1. The van der Waals surface area contributed by atoms with Crippen molar-refractivity contribution in [2.75, 3.05) is 12.4 Å². The molecular weight excluding hydrogens is 272 g/mol. The zero-order chi connectivity index (χ0) is 15.1. The molecule has 2 rings (SSSR count). The number of rotatable bonds is 5. The van der Waals surface area contributed by atoms with E-state index in [1.54, 1.807) is 48.8 Å². The summed E-state index contributed by atoms with van der Waals surface area (Å²) in [5.74, 6) is 0.237. The van der Waals surface area contributed by atoms with Crippen LogP contribution in [0.1, 0.15) is 6.42 Å². The standard InChI is InChI=1S/C15H14N2O4/c1-20-15(19)9-14(18)17-11-4-6-12(7-5-11)21-13-3-2-8-16-10-13/h2-8,10H,9H2,1H3,(H,17,18). The Kier molecular flexibility index (Phi) is 4.87. The molecule has 0 bridgehead atoms. The molecule has 0 spiro atoms. The second-order valence-corrected chi connectivity index (χ2v) is 4.12. The minimum Gasteiger partial charge on any atom is -0.469 e. The summed E-state index contributed by atoms with van der Waals surface area (Å²) in [6, 6.07) is 10.3. The van der Waals surface area contributed by atoms with Gasteiger partial charge in [0, 0.05) is 11.9 Å². The van der Waals surface area contributed by atoms with Gasteiger partial charge in [0.25, 0.3) is 0 Å². The summed E-state index contributed by atoms with van der Waals surface area (Å²) >= 11 is 0. The van der Waals surface area contributed by atoms with Crippen LogP contribution in [0.4, 0.5) is 5.69 Å². The Bertz CT molecular complexity index is 611. The molecule has 6 heteroatoms. The third kappa shape index (κ3) is 4.61. The van der Waals surface area contributed by atoms with Crippen LogP contribution in [-0.2, 0) is 14.3 Å². The van der Waals surface area contributed by atoms with Crippen molar-refractivity contribution < 1.29 is 19.1 Å². The largest absolute Gasteiger partial charge is 0.469 e. The molecule has 108 valence electrons. The van der Waals surface area contributed by atoms with Gasteiger partial charge in [-0.15, -0.1) is 0 Å². The Morgan fingerprint density at radius 2 is 1.90 bits per heavy atom. The molecule has 0 aliphatic heterocycles. The van der Waals surface area contributed by atoms with Crippen molar-refractivity contribution in [2.45, 2.75) is 6.42 Å². The summed E-state index contributed by atoms with van der Waals surface area (Å²) < 4.78 is 9.99. The monoisotopic (exact) mass is 286 g/mol. The number of methoxy groups -OCH3 is 1. The van der Waals surface area contributed by atoms with E-state index in [-0.39, 0.29) is 6.42 Å². The number of aromatic nitrogens is 1. The number of benzene rings is 1. The number of pyridine rings is 1. The smallest absolute Gasteiger partial charge is 0.315 e. The summed E-state index contributed by atoms with van der Waals surface area (Å²) in [5.41, 5.74) is 0.572. The lowest BCUT2D eigenvalue weighted by Crippen LogP contribution is -2.17. The van der Waals surface area contributed by atoms with Crippen molar-refractivity contribution in [1.29, 1.82) is 0 Å². The summed E-state index contributed by atoms with van der Waals surface area (Å²) in [6.07, 6.45) is 2.95. The number of hydrogen-bond donors (Lipinski definition) is 1. The number of nitrogens with zero attached hydrogens (tertiary/aromatic N) is 1. The fourth-order valence-corrected chi connectivity index (χ4v) is 1.56. The lowest BCUT2D eigenvalue weighted by atomic mass is 10.3. The van der Waals surface area contributed by atoms with Gasteiger partial charge in [0.2, 0.25) is 5.91 Å². The summed E-state index contributed by atoms with van der Waals surface area (Å²) in [5, 5.41) is 2.59. The van der Waals surface area contributed by atoms with Crippen LogP contribution in [0.5, 0.6) is 11.5 Å². The molecule has 1 amide bonds. The highest BCUT2D eigenvalue weighted by Crippen LogP contribution is 2.22. The van der Waals surface area contributed by atoms with E-state index in [4.69, 9.17) is 4.74 Å². The minimum absolute atomic E-state index is 0.315. The molecule has 1 heterocycles. The highest BCUT2D eigenvalue weighted by molar-refractivity contribution is 6.01. The van der Waals surface area contributed by atoms with Gasteiger partial charge in [0.1, 0.15) is 17.9 Å². The van der Waals surface area contributed by atoms with Crippen molar-refractivity contribution >= 4 is 17.6 Å². The van der Waals surface area contributed by atoms with Gasteiger partial charge in [0.15, 0.2) is 0 Å². The van der Waals surface area contributed by atoms with Gasteiger partial charge in [0.05, 0.1) is 13.3 Å². The van der Waals surface area contributed by atoms with Crippen LogP contribution in [0, 0.1) is 0 Å². The fourth-order valence-electron chi connectivity index (χ4n) is 1.56. The molecule has 0 fully saturated rings. The van der Waals surface area contributed by atoms with E-state index in [0.717, 1.165) is 0 Å². The van der Waals surface area contributed by atoms with E-state index in [1.165, 1.54) is 7.11 Å². The average Bonchev–Trinajstić information content (AvgIpc) is 2.50. The summed E-state index contributed by atoms with van der Waals surface area (Å²) in [7, 11) is 1.24. The zero-order valence-corrected chi connectivity index (χ0v) is 11.4. The molecule has 0 saturated carbocycles. The van der Waals surface area contributed by atoms with Gasteiger partial charge >= 0.3 is 5.97 Å². The van der Waals surface area contributed by atoms with Crippen molar-refractivity contribution in [3.8, 4) is 11.5 Å². The average molecular weight is 286 g/mol. The highest BCUT2D eigenvalue weighted by Gasteiger charge is 2.09. The highest BCUT2D eigenvalue weighted by atomic mass is 16.5. The van der Waals surface area contributed by atoms with E-state index in [2.05, 4.69) is 15.0 Å². The zero-order valence-electron chi connectivity index (χ0n) is 11.4. The van der Waals surface area contributed by atoms with Crippen molar-refractivity contribution in [1.82, 2.24) is 4.98 Å². The van der Waals surface area contributed by atoms with Crippen LogP contribution in [0.2, 0.25) is 0 Å². The number of anilines is 1. The summed E-state index contributed by atoms with van der Waals surface area (Å²) in [6.45, 7) is 0. The molecule has 21 heavy (non-hydrogen) atoms. The molecule has 1 N–H and O–H groups in total. The van der Waals surface area contributed by atoms with Gasteiger partial charge in [-0.3, -0.25) is 14.6 Å². The molecule has 0 aliphatic carbocycles. The fraction of sp³-hybridized carbons (Fsp3) is 0.133. The van der Waals surface area contributed by atoms with Crippen molar-refractivity contribution in [3.63, 3.8) is 0 Å². The van der Waals surface area contributed by atoms with Gasteiger partial charge < -0.3 is 14.8 Å². The number of ether oxygens (including phenoxy) is 2. The third-order valence-electron chi connectivity index (χ3n) is 2.54. The first kappa shape index (κ1) is 14.5. The number of nitrogens with one attached hydrogen (secondary N) is 1.